The van der Waals surface area contributed by atoms with E-state index >= 15 is 0 Å². The van der Waals surface area contributed by atoms with Crippen molar-refractivity contribution in [3.63, 3.8) is 0 Å². The van der Waals surface area contributed by atoms with E-state index in [-0.39, 0.29) is 17.7 Å². The van der Waals surface area contributed by atoms with E-state index in [4.69, 9.17) is 9.47 Å². The number of allylic oxidation sites excluding steroid dienone is 1. The molecule has 0 unspecified atom stereocenters. The fraction of sp³-hybridized carbons (Fsp3) is 0.371. The van der Waals surface area contributed by atoms with Gasteiger partial charge in [-0.15, -0.1) is 6.58 Å². The number of aromatic amines is 1. The maximum absolute atomic E-state index is 14.1. The van der Waals surface area contributed by atoms with E-state index in [0.29, 0.717) is 64.9 Å². The standard InChI is InChI=1S/C35H42N4O6S/c1-7-13-35(14-15-35)46(42,43)39-22-23(2)32-28(33(40)36-21-29-31(44-6)18-24(3)37-34(29)41)19-26(20-30(32)39)25-9-11-27(12-10-25)45-17-8-16-38(4)5/h7,9-12,18-20,22H,1,8,13-17,21H2,2-6H3,(H,36,40)(H,37,41). The fourth-order valence-corrected chi connectivity index (χ4v) is 7.93. The Morgan fingerprint density at radius 3 is 2.48 bits per heavy atom. The van der Waals surface area contributed by atoms with E-state index < -0.39 is 20.7 Å². The number of aryl methyl sites for hydroxylation is 2. The first kappa shape index (κ1) is 33.0. The van der Waals surface area contributed by atoms with Crippen LogP contribution in [-0.2, 0) is 16.6 Å². The Morgan fingerprint density at radius 2 is 1.85 bits per heavy atom. The Morgan fingerprint density at radius 1 is 1.13 bits per heavy atom. The number of methoxy groups -OCH3 is 1. The molecular formula is C35H42N4O6S. The van der Waals surface area contributed by atoms with E-state index in [1.165, 1.54) is 11.1 Å². The summed E-state index contributed by atoms with van der Waals surface area (Å²) in [6, 6.07) is 12.8. The molecule has 1 aliphatic carbocycles. The number of ether oxygens (including phenoxy) is 2. The van der Waals surface area contributed by atoms with Crippen LogP contribution >= 0.6 is 0 Å². The van der Waals surface area contributed by atoms with Crippen molar-refractivity contribution in [3.8, 4) is 22.6 Å². The average Bonchev–Trinajstić information content (AvgIpc) is 3.74. The lowest BCUT2D eigenvalue weighted by Gasteiger charge is -2.17. The van der Waals surface area contributed by atoms with Crippen LogP contribution in [0.3, 0.4) is 0 Å². The monoisotopic (exact) mass is 646 g/mol. The zero-order valence-electron chi connectivity index (χ0n) is 27.1. The average molecular weight is 647 g/mol. The summed E-state index contributed by atoms with van der Waals surface area (Å²) in [6.45, 7) is 8.76. The topological polar surface area (TPSA) is 123 Å². The van der Waals surface area contributed by atoms with Crippen molar-refractivity contribution >= 4 is 26.8 Å². The van der Waals surface area contributed by atoms with Gasteiger partial charge in [0, 0.05) is 29.4 Å². The van der Waals surface area contributed by atoms with Crippen molar-refractivity contribution in [2.24, 2.45) is 0 Å². The van der Waals surface area contributed by atoms with Gasteiger partial charge in [-0.1, -0.05) is 18.2 Å². The number of H-pyrrole nitrogens is 1. The molecule has 46 heavy (non-hydrogen) atoms. The highest BCUT2D eigenvalue weighted by Crippen LogP contribution is 2.49. The molecule has 0 radical (unpaired) electrons. The molecule has 2 N–H and O–H groups in total. The number of hydrogen-bond donors (Lipinski definition) is 2. The number of nitrogens with zero attached hydrogens (tertiary/aromatic N) is 2. The number of carbonyl (C=O) groups excluding carboxylic acids is 1. The molecule has 10 nitrogen and oxygen atoms in total. The summed E-state index contributed by atoms with van der Waals surface area (Å²) in [5, 5.41) is 3.40. The number of hydrogen-bond acceptors (Lipinski definition) is 7. The van der Waals surface area contributed by atoms with Gasteiger partial charge in [0.15, 0.2) is 0 Å². The summed E-state index contributed by atoms with van der Waals surface area (Å²) in [5.41, 5.74) is 3.41. The van der Waals surface area contributed by atoms with Crippen LogP contribution in [0.1, 0.15) is 52.9 Å². The minimum absolute atomic E-state index is 0.0797. The summed E-state index contributed by atoms with van der Waals surface area (Å²) in [6.07, 6.45) is 5.60. The molecule has 1 saturated carbocycles. The van der Waals surface area contributed by atoms with Gasteiger partial charge in [0.25, 0.3) is 11.5 Å². The third-order valence-electron chi connectivity index (χ3n) is 8.52. The number of fused-ring (bicyclic) bond motifs is 1. The molecule has 4 aromatic rings. The van der Waals surface area contributed by atoms with Gasteiger partial charge in [-0.3, -0.25) is 9.59 Å². The molecule has 0 bridgehead atoms. The van der Waals surface area contributed by atoms with Gasteiger partial charge in [0.05, 0.1) is 36.1 Å². The van der Waals surface area contributed by atoms with Gasteiger partial charge >= 0.3 is 0 Å². The van der Waals surface area contributed by atoms with Crippen LogP contribution in [0.25, 0.3) is 22.0 Å². The molecule has 244 valence electrons. The zero-order chi connectivity index (χ0) is 33.2. The van der Waals surface area contributed by atoms with Crippen LogP contribution in [0.15, 0.2) is 66.1 Å². The summed E-state index contributed by atoms with van der Waals surface area (Å²) in [7, 11) is 1.70. The van der Waals surface area contributed by atoms with Crippen LogP contribution in [0.5, 0.6) is 11.5 Å². The molecule has 2 aromatic heterocycles. The molecule has 5 rings (SSSR count). The van der Waals surface area contributed by atoms with E-state index in [1.807, 2.05) is 44.4 Å². The molecule has 1 fully saturated rings. The molecular weight excluding hydrogens is 604 g/mol. The first-order valence-corrected chi connectivity index (χ1v) is 16.8. The lowest BCUT2D eigenvalue weighted by atomic mass is 9.98. The van der Waals surface area contributed by atoms with Crippen LogP contribution in [0, 0.1) is 13.8 Å². The fourth-order valence-electron chi connectivity index (χ4n) is 5.86. The number of rotatable bonds is 14. The quantitative estimate of drug-likeness (QED) is 0.143. The number of aromatic nitrogens is 2. The summed E-state index contributed by atoms with van der Waals surface area (Å²) >= 11 is 0. The molecule has 0 spiro atoms. The maximum Gasteiger partial charge on any atom is 0.256 e. The third kappa shape index (κ3) is 6.47. The Hall–Kier alpha value is -4.35. The number of nitrogens with one attached hydrogen (secondary N) is 2. The van der Waals surface area contributed by atoms with Gasteiger partial charge in [-0.2, -0.15) is 0 Å². The zero-order valence-corrected chi connectivity index (χ0v) is 27.9. The number of amides is 1. The highest BCUT2D eigenvalue weighted by Gasteiger charge is 2.54. The van der Waals surface area contributed by atoms with Gasteiger partial charge in [-0.25, -0.2) is 12.4 Å². The highest BCUT2D eigenvalue weighted by atomic mass is 32.2. The molecule has 0 saturated heterocycles. The first-order valence-electron chi connectivity index (χ1n) is 15.4. The minimum atomic E-state index is -3.81. The van der Waals surface area contributed by atoms with Gasteiger partial charge in [0.2, 0.25) is 10.0 Å². The van der Waals surface area contributed by atoms with E-state index in [9.17, 15) is 18.0 Å². The molecule has 0 atom stereocenters. The van der Waals surface area contributed by atoms with Crippen molar-refractivity contribution in [2.45, 2.75) is 50.8 Å². The molecule has 11 heteroatoms. The Kier molecular flexibility index (Phi) is 9.46. The van der Waals surface area contributed by atoms with Crippen molar-refractivity contribution in [1.29, 1.82) is 0 Å². The predicted octanol–water partition coefficient (Wildman–Crippen LogP) is 5.17. The number of pyridine rings is 1. The van der Waals surface area contributed by atoms with Gasteiger partial charge < -0.3 is 24.7 Å². The Labute approximate surface area is 270 Å². The molecule has 1 amide bonds. The lowest BCUT2D eigenvalue weighted by Crippen LogP contribution is -2.29. The highest BCUT2D eigenvalue weighted by molar-refractivity contribution is 7.91. The third-order valence-corrected chi connectivity index (χ3v) is 11.0. The SMILES string of the molecule is C=CCC1(S(=O)(=O)n2cc(C)c3c(C(=O)NCc4c(OC)cc(C)[nH]c4=O)cc(-c4ccc(OCCCN(C)C)cc4)cc32)CC1. The molecule has 2 heterocycles. The van der Waals surface area contributed by atoms with Crippen molar-refractivity contribution in [3.05, 3.63) is 94.1 Å². The molecule has 2 aromatic carbocycles. The van der Waals surface area contributed by atoms with Crippen molar-refractivity contribution < 1.29 is 22.7 Å². The van der Waals surface area contributed by atoms with Crippen LogP contribution in [0.4, 0.5) is 0 Å². The Bertz CT molecular complexity index is 1940. The van der Waals surface area contributed by atoms with Crippen LogP contribution in [-0.4, -0.2) is 67.3 Å². The maximum atomic E-state index is 14.1. The van der Waals surface area contributed by atoms with Gasteiger partial charge in [0.1, 0.15) is 11.5 Å². The van der Waals surface area contributed by atoms with E-state index in [2.05, 4.69) is 21.8 Å². The molecule has 0 aliphatic heterocycles. The van der Waals surface area contributed by atoms with E-state index in [1.54, 1.807) is 38.3 Å². The van der Waals surface area contributed by atoms with Gasteiger partial charge in [-0.05, 0) is 101 Å². The van der Waals surface area contributed by atoms with Crippen LogP contribution in [0.2, 0.25) is 0 Å². The Balaban J connectivity index is 1.56. The van der Waals surface area contributed by atoms with Crippen molar-refractivity contribution in [2.75, 3.05) is 34.4 Å². The van der Waals surface area contributed by atoms with Crippen LogP contribution < -0.4 is 20.3 Å². The summed E-state index contributed by atoms with van der Waals surface area (Å²) < 4.78 is 39.9. The lowest BCUT2D eigenvalue weighted by molar-refractivity contribution is 0.0952. The number of carbonyl (C=O) groups is 1. The second kappa shape index (κ2) is 13.2. The predicted molar refractivity (Wildman–Crippen MR) is 181 cm³/mol. The normalized spacial score (nSPS) is 14.0. The second-order valence-electron chi connectivity index (χ2n) is 12.2. The molecule has 1 aliphatic rings. The smallest absolute Gasteiger partial charge is 0.256 e. The van der Waals surface area contributed by atoms with Crippen molar-refractivity contribution in [1.82, 2.24) is 19.2 Å². The minimum Gasteiger partial charge on any atom is -0.496 e. The van der Waals surface area contributed by atoms with E-state index in [0.717, 1.165) is 24.3 Å². The summed E-state index contributed by atoms with van der Waals surface area (Å²) in [4.78, 5) is 31.5. The largest absolute Gasteiger partial charge is 0.496 e. The number of benzene rings is 2. The second-order valence-corrected chi connectivity index (χ2v) is 14.5. The summed E-state index contributed by atoms with van der Waals surface area (Å²) in [5.74, 6) is 0.649. The first-order chi connectivity index (χ1) is 21.9.